The van der Waals surface area contributed by atoms with Gasteiger partial charge in [-0.15, -0.1) is 0 Å². The molecule has 0 spiro atoms. The third kappa shape index (κ3) is 3.79. The highest BCUT2D eigenvalue weighted by molar-refractivity contribution is 5.09. The summed E-state index contributed by atoms with van der Waals surface area (Å²) in [5, 5.41) is 3.58. The standard InChI is InChI=1S/C14H23N3/c1-12-3-9-16-14(12)11-17(2)10-6-13-4-7-15-8-5-13/h4-5,7-8,12,14,16H,3,6,9-11H2,1-2H3. The molecule has 0 aromatic carbocycles. The highest BCUT2D eigenvalue weighted by Crippen LogP contribution is 2.15. The van der Waals surface area contributed by atoms with Crippen molar-refractivity contribution < 1.29 is 0 Å². The van der Waals surface area contributed by atoms with Crippen LogP contribution in [0.5, 0.6) is 0 Å². The largest absolute Gasteiger partial charge is 0.312 e. The Morgan fingerprint density at radius 3 is 2.82 bits per heavy atom. The molecule has 1 aliphatic rings. The summed E-state index contributed by atoms with van der Waals surface area (Å²) in [6, 6.07) is 4.88. The van der Waals surface area contributed by atoms with Crippen molar-refractivity contribution in [3.63, 3.8) is 0 Å². The van der Waals surface area contributed by atoms with E-state index >= 15 is 0 Å². The molecular weight excluding hydrogens is 210 g/mol. The van der Waals surface area contributed by atoms with Crippen molar-refractivity contribution in [2.45, 2.75) is 25.8 Å². The van der Waals surface area contributed by atoms with Gasteiger partial charge in [0.05, 0.1) is 0 Å². The summed E-state index contributed by atoms with van der Waals surface area (Å²) in [6.07, 6.45) is 6.18. The SMILES string of the molecule is CC1CCNC1CN(C)CCc1ccncc1. The molecule has 17 heavy (non-hydrogen) atoms. The number of aromatic nitrogens is 1. The van der Waals surface area contributed by atoms with Crippen molar-refractivity contribution in [2.24, 2.45) is 5.92 Å². The van der Waals surface area contributed by atoms with Gasteiger partial charge in [0.2, 0.25) is 0 Å². The van der Waals surface area contributed by atoms with Gasteiger partial charge in [0.25, 0.3) is 0 Å². The Kier molecular flexibility index (Phi) is 4.51. The maximum atomic E-state index is 4.04. The first-order valence-corrected chi connectivity index (χ1v) is 6.56. The van der Waals surface area contributed by atoms with Crippen LogP contribution in [-0.4, -0.2) is 42.6 Å². The topological polar surface area (TPSA) is 28.2 Å². The predicted molar refractivity (Wildman–Crippen MR) is 71.0 cm³/mol. The first kappa shape index (κ1) is 12.5. The molecule has 1 saturated heterocycles. The molecule has 1 aliphatic heterocycles. The van der Waals surface area contributed by atoms with Gasteiger partial charge in [-0.2, -0.15) is 0 Å². The first-order chi connectivity index (χ1) is 8.25. The molecule has 3 heteroatoms. The summed E-state index contributed by atoms with van der Waals surface area (Å²) in [7, 11) is 2.22. The second-order valence-electron chi connectivity index (χ2n) is 5.19. The minimum absolute atomic E-state index is 0.678. The van der Waals surface area contributed by atoms with E-state index in [0.29, 0.717) is 6.04 Å². The van der Waals surface area contributed by atoms with Crippen LogP contribution in [0, 0.1) is 5.92 Å². The molecule has 0 amide bonds. The normalized spacial score (nSPS) is 24.4. The Labute approximate surface area is 104 Å². The molecule has 0 aliphatic carbocycles. The summed E-state index contributed by atoms with van der Waals surface area (Å²) in [5.74, 6) is 0.818. The van der Waals surface area contributed by atoms with E-state index in [-0.39, 0.29) is 0 Å². The van der Waals surface area contributed by atoms with Crippen LogP contribution in [0.4, 0.5) is 0 Å². The molecule has 3 nitrogen and oxygen atoms in total. The van der Waals surface area contributed by atoms with Gasteiger partial charge in [-0.25, -0.2) is 0 Å². The van der Waals surface area contributed by atoms with E-state index in [1.54, 1.807) is 0 Å². The Bertz CT molecular complexity index is 325. The van der Waals surface area contributed by atoms with Gasteiger partial charge < -0.3 is 10.2 Å². The molecule has 0 saturated carbocycles. The van der Waals surface area contributed by atoms with Crippen molar-refractivity contribution in [1.29, 1.82) is 0 Å². The number of nitrogens with zero attached hydrogens (tertiary/aromatic N) is 2. The van der Waals surface area contributed by atoms with Gasteiger partial charge in [-0.3, -0.25) is 4.98 Å². The molecule has 1 aromatic heterocycles. The summed E-state index contributed by atoms with van der Waals surface area (Å²) in [6.45, 7) is 5.81. The average molecular weight is 233 g/mol. The molecule has 94 valence electrons. The van der Waals surface area contributed by atoms with E-state index < -0.39 is 0 Å². The van der Waals surface area contributed by atoms with Gasteiger partial charge in [0.15, 0.2) is 0 Å². The van der Waals surface area contributed by atoms with Crippen LogP contribution in [0.15, 0.2) is 24.5 Å². The monoisotopic (exact) mass is 233 g/mol. The van der Waals surface area contributed by atoms with Gasteiger partial charge in [0, 0.05) is 31.5 Å². The van der Waals surface area contributed by atoms with Crippen LogP contribution in [0.3, 0.4) is 0 Å². The molecule has 2 atom stereocenters. The van der Waals surface area contributed by atoms with Crippen LogP contribution in [0.1, 0.15) is 18.9 Å². The van der Waals surface area contributed by atoms with Crippen LogP contribution in [-0.2, 0) is 6.42 Å². The van der Waals surface area contributed by atoms with E-state index in [4.69, 9.17) is 0 Å². The zero-order valence-corrected chi connectivity index (χ0v) is 10.9. The van der Waals surface area contributed by atoms with E-state index in [2.05, 4.69) is 41.3 Å². The molecule has 1 N–H and O–H groups in total. The van der Waals surface area contributed by atoms with Crippen molar-refractivity contribution in [2.75, 3.05) is 26.7 Å². The van der Waals surface area contributed by atoms with Gasteiger partial charge in [0.1, 0.15) is 0 Å². The molecule has 0 bridgehead atoms. The summed E-state index contributed by atoms with van der Waals surface area (Å²) in [4.78, 5) is 6.47. The van der Waals surface area contributed by atoms with E-state index in [1.165, 1.54) is 18.5 Å². The fraction of sp³-hybridized carbons (Fsp3) is 0.643. The van der Waals surface area contributed by atoms with E-state index in [9.17, 15) is 0 Å². The molecule has 2 unspecified atom stereocenters. The third-order valence-corrected chi connectivity index (χ3v) is 3.73. The number of hydrogen-bond acceptors (Lipinski definition) is 3. The van der Waals surface area contributed by atoms with Crippen molar-refractivity contribution in [3.05, 3.63) is 30.1 Å². The third-order valence-electron chi connectivity index (χ3n) is 3.73. The lowest BCUT2D eigenvalue weighted by Crippen LogP contribution is -2.39. The van der Waals surface area contributed by atoms with Gasteiger partial charge in [-0.1, -0.05) is 6.92 Å². The van der Waals surface area contributed by atoms with Gasteiger partial charge >= 0.3 is 0 Å². The Hall–Kier alpha value is -0.930. The highest BCUT2D eigenvalue weighted by atomic mass is 15.1. The van der Waals surface area contributed by atoms with Crippen molar-refractivity contribution in [3.8, 4) is 0 Å². The number of likely N-dealkylation sites (N-methyl/N-ethyl adjacent to an activating group) is 1. The summed E-state index contributed by atoms with van der Waals surface area (Å²) >= 11 is 0. The highest BCUT2D eigenvalue weighted by Gasteiger charge is 2.23. The second kappa shape index (κ2) is 6.12. The smallest absolute Gasteiger partial charge is 0.0270 e. The Morgan fingerprint density at radius 1 is 1.41 bits per heavy atom. The summed E-state index contributed by atoms with van der Waals surface area (Å²) < 4.78 is 0. The lowest BCUT2D eigenvalue weighted by Gasteiger charge is -2.23. The average Bonchev–Trinajstić information content (AvgIpc) is 2.74. The summed E-state index contributed by atoms with van der Waals surface area (Å²) in [5.41, 5.74) is 1.37. The maximum absolute atomic E-state index is 4.04. The zero-order valence-electron chi connectivity index (χ0n) is 10.9. The molecule has 0 radical (unpaired) electrons. The lowest BCUT2D eigenvalue weighted by atomic mass is 10.0. The molecule has 2 heterocycles. The van der Waals surface area contributed by atoms with E-state index in [0.717, 1.165) is 25.4 Å². The zero-order chi connectivity index (χ0) is 12.1. The number of hydrogen-bond donors (Lipinski definition) is 1. The lowest BCUT2D eigenvalue weighted by molar-refractivity contribution is 0.280. The van der Waals surface area contributed by atoms with Crippen LogP contribution in [0.2, 0.25) is 0 Å². The molecule has 1 aromatic rings. The fourth-order valence-electron chi connectivity index (χ4n) is 2.44. The van der Waals surface area contributed by atoms with Gasteiger partial charge in [-0.05, 0) is 50.0 Å². The Balaban J connectivity index is 1.72. The quantitative estimate of drug-likeness (QED) is 0.836. The van der Waals surface area contributed by atoms with Crippen LogP contribution in [0.25, 0.3) is 0 Å². The molecule has 1 fully saturated rings. The minimum atomic E-state index is 0.678. The second-order valence-corrected chi connectivity index (χ2v) is 5.19. The number of rotatable bonds is 5. The molecule has 2 rings (SSSR count). The minimum Gasteiger partial charge on any atom is -0.312 e. The van der Waals surface area contributed by atoms with E-state index in [1.807, 2.05) is 12.4 Å². The Morgan fingerprint density at radius 2 is 2.18 bits per heavy atom. The molecular formula is C14H23N3. The first-order valence-electron chi connectivity index (χ1n) is 6.56. The number of pyridine rings is 1. The maximum Gasteiger partial charge on any atom is 0.0270 e. The number of nitrogens with one attached hydrogen (secondary N) is 1. The van der Waals surface area contributed by atoms with Crippen molar-refractivity contribution in [1.82, 2.24) is 15.2 Å². The predicted octanol–water partition coefficient (Wildman–Crippen LogP) is 1.55. The van der Waals surface area contributed by atoms with Crippen LogP contribution >= 0.6 is 0 Å². The fourth-order valence-corrected chi connectivity index (χ4v) is 2.44. The van der Waals surface area contributed by atoms with Crippen molar-refractivity contribution >= 4 is 0 Å². The van der Waals surface area contributed by atoms with Crippen LogP contribution < -0.4 is 5.32 Å².